The molecule has 0 bridgehead atoms. The molecule has 0 radical (unpaired) electrons. The van der Waals surface area contributed by atoms with Gasteiger partial charge in [0, 0.05) is 12.1 Å². The van der Waals surface area contributed by atoms with E-state index in [0.717, 1.165) is 5.41 Å². The Bertz CT molecular complexity index is 150. The Labute approximate surface area is 75.4 Å². The highest BCUT2D eigenvalue weighted by molar-refractivity contribution is 5.85. The molecule has 1 aliphatic carbocycles. The lowest BCUT2D eigenvalue weighted by molar-refractivity contribution is 0.152. The van der Waals surface area contributed by atoms with Gasteiger partial charge >= 0.3 is 0 Å². The first-order valence-corrected chi connectivity index (χ1v) is 4.37. The van der Waals surface area contributed by atoms with E-state index in [9.17, 15) is 0 Å². The molecule has 2 fully saturated rings. The molecule has 0 aromatic rings. The third kappa shape index (κ3) is 1.54. The van der Waals surface area contributed by atoms with Crippen molar-refractivity contribution in [3.8, 4) is 0 Å². The van der Waals surface area contributed by atoms with E-state index < -0.39 is 0 Å². The first-order valence-electron chi connectivity index (χ1n) is 4.37. The van der Waals surface area contributed by atoms with Crippen LogP contribution in [0.25, 0.3) is 0 Å². The van der Waals surface area contributed by atoms with E-state index in [1.165, 1.54) is 32.2 Å². The van der Waals surface area contributed by atoms with Crippen LogP contribution in [0.15, 0.2) is 0 Å². The molecule has 1 aliphatic heterocycles. The number of rotatable bonds is 0. The van der Waals surface area contributed by atoms with Gasteiger partial charge < -0.3 is 5.32 Å². The van der Waals surface area contributed by atoms with Crippen molar-refractivity contribution in [3.63, 3.8) is 0 Å². The number of hydrogen-bond acceptors (Lipinski definition) is 1. The smallest absolute Gasteiger partial charge is 0.0131 e. The highest BCUT2D eigenvalue weighted by atomic mass is 35.5. The van der Waals surface area contributed by atoms with E-state index in [1.54, 1.807) is 0 Å². The minimum Gasteiger partial charge on any atom is -0.311 e. The van der Waals surface area contributed by atoms with Crippen molar-refractivity contribution < 1.29 is 0 Å². The fourth-order valence-corrected chi connectivity index (χ4v) is 2.52. The monoisotopic (exact) mass is 175 g/mol. The SMILES string of the molecule is CC1(C)CC2(CCC2)CN1.Cl. The zero-order valence-electron chi connectivity index (χ0n) is 7.44. The lowest BCUT2D eigenvalue weighted by Gasteiger charge is -2.38. The summed E-state index contributed by atoms with van der Waals surface area (Å²) < 4.78 is 0. The van der Waals surface area contributed by atoms with Crippen LogP contribution in [0.2, 0.25) is 0 Å². The summed E-state index contributed by atoms with van der Waals surface area (Å²) in [7, 11) is 0. The van der Waals surface area contributed by atoms with Crippen LogP contribution >= 0.6 is 12.4 Å². The predicted octanol–water partition coefficient (Wildman–Crippen LogP) is 2.35. The van der Waals surface area contributed by atoms with E-state index in [-0.39, 0.29) is 12.4 Å². The summed E-state index contributed by atoms with van der Waals surface area (Å²) in [6.07, 6.45) is 5.82. The molecule has 0 unspecified atom stereocenters. The average Bonchev–Trinajstić information content (AvgIpc) is 2.04. The highest BCUT2D eigenvalue weighted by Gasteiger charge is 2.46. The van der Waals surface area contributed by atoms with Crippen molar-refractivity contribution in [1.82, 2.24) is 5.32 Å². The second-order valence-electron chi connectivity index (χ2n) is 4.77. The summed E-state index contributed by atoms with van der Waals surface area (Å²) in [6, 6.07) is 0. The zero-order valence-corrected chi connectivity index (χ0v) is 8.26. The van der Waals surface area contributed by atoms with Gasteiger partial charge in [-0.1, -0.05) is 6.42 Å². The van der Waals surface area contributed by atoms with Crippen LogP contribution in [0.4, 0.5) is 0 Å². The van der Waals surface area contributed by atoms with Crippen molar-refractivity contribution in [2.45, 2.75) is 45.1 Å². The van der Waals surface area contributed by atoms with Gasteiger partial charge in [-0.15, -0.1) is 12.4 Å². The van der Waals surface area contributed by atoms with Gasteiger partial charge in [-0.3, -0.25) is 0 Å². The van der Waals surface area contributed by atoms with Crippen LogP contribution in [-0.2, 0) is 0 Å². The molecule has 2 rings (SSSR count). The van der Waals surface area contributed by atoms with Crippen molar-refractivity contribution in [1.29, 1.82) is 0 Å². The van der Waals surface area contributed by atoms with Gasteiger partial charge in [0.05, 0.1) is 0 Å². The summed E-state index contributed by atoms with van der Waals surface area (Å²) in [5, 5.41) is 3.59. The number of nitrogens with one attached hydrogen (secondary N) is 1. The van der Waals surface area contributed by atoms with E-state index >= 15 is 0 Å². The van der Waals surface area contributed by atoms with Gasteiger partial charge in [0.1, 0.15) is 0 Å². The van der Waals surface area contributed by atoms with Crippen molar-refractivity contribution in [3.05, 3.63) is 0 Å². The molecule has 1 nitrogen and oxygen atoms in total. The van der Waals surface area contributed by atoms with Crippen LogP contribution in [0.3, 0.4) is 0 Å². The van der Waals surface area contributed by atoms with Crippen LogP contribution in [-0.4, -0.2) is 12.1 Å². The Kier molecular flexibility index (Phi) is 2.24. The Morgan fingerprint density at radius 3 is 2.00 bits per heavy atom. The van der Waals surface area contributed by atoms with Crippen LogP contribution in [0, 0.1) is 5.41 Å². The maximum atomic E-state index is 3.59. The molecule has 0 amide bonds. The normalized spacial score (nSPS) is 31.1. The molecule has 2 aliphatic rings. The van der Waals surface area contributed by atoms with Crippen molar-refractivity contribution in [2.24, 2.45) is 5.41 Å². The molecule has 0 atom stereocenters. The molecule has 1 heterocycles. The van der Waals surface area contributed by atoms with E-state index in [0.29, 0.717) is 5.54 Å². The molecular formula is C9H18ClN. The maximum Gasteiger partial charge on any atom is 0.0131 e. The Hall–Kier alpha value is 0.250. The largest absolute Gasteiger partial charge is 0.311 e. The third-order valence-corrected chi connectivity index (χ3v) is 3.17. The molecule has 1 N–H and O–H groups in total. The summed E-state index contributed by atoms with van der Waals surface area (Å²) in [6.45, 7) is 5.92. The maximum absolute atomic E-state index is 3.59. The molecule has 1 saturated heterocycles. The van der Waals surface area contributed by atoms with Crippen LogP contribution in [0.5, 0.6) is 0 Å². The fourth-order valence-electron chi connectivity index (χ4n) is 2.52. The van der Waals surface area contributed by atoms with Crippen molar-refractivity contribution >= 4 is 12.4 Å². The summed E-state index contributed by atoms with van der Waals surface area (Å²) >= 11 is 0. The molecule has 0 aromatic heterocycles. The topological polar surface area (TPSA) is 12.0 Å². The zero-order chi connectivity index (χ0) is 7.24. The third-order valence-electron chi connectivity index (χ3n) is 3.17. The molecular weight excluding hydrogens is 158 g/mol. The quantitative estimate of drug-likeness (QED) is 0.596. The molecule has 2 heteroatoms. The van der Waals surface area contributed by atoms with Crippen molar-refractivity contribution in [2.75, 3.05) is 6.54 Å². The second kappa shape index (κ2) is 2.63. The molecule has 11 heavy (non-hydrogen) atoms. The number of hydrogen-bond donors (Lipinski definition) is 1. The highest BCUT2D eigenvalue weighted by Crippen LogP contribution is 2.49. The van der Waals surface area contributed by atoms with Gasteiger partial charge in [-0.2, -0.15) is 0 Å². The fraction of sp³-hybridized carbons (Fsp3) is 1.00. The van der Waals surface area contributed by atoms with E-state index in [1.807, 2.05) is 0 Å². The standard InChI is InChI=1S/C9H17N.ClH/c1-8(2)6-9(7-10-8)4-3-5-9;/h10H,3-7H2,1-2H3;1H. The first-order chi connectivity index (χ1) is 4.62. The molecule has 1 spiro atoms. The minimum atomic E-state index is 0. The molecule has 1 saturated carbocycles. The van der Waals surface area contributed by atoms with Crippen LogP contribution < -0.4 is 5.32 Å². The first kappa shape index (κ1) is 9.34. The lowest BCUT2D eigenvalue weighted by Crippen LogP contribution is -2.31. The minimum absolute atomic E-state index is 0. The predicted molar refractivity (Wildman–Crippen MR) is 50.2 cm³/mol. The summed E-state index contributed by atoms with van der Waals surface area (Å²) in [4.78, 5) is 0. The van der Waals surface area contributed by atoms with Gasteiger partial charge in [0.15, 0.2) is 0 Å². The molecule has 0 aromatic carbocycles. The Balaban J connectivity index is 0.000000605. The Morgan fingerprint density at radius 1 is 1.18 bits per heavy atom. The Morgan fingerprint density at radius 2 is 1.82 bits per heavy atom. The van der Waals surface area contributed by atoms with E-state index in [2.05, 4.69) is 19.2 Å². The van der Waals surface area contributed by atoms with Gasteiger partial charge in [-0.25, -0.2) is 0 Å². The van der Waals surface area contributed by atoms with Crippen LogP contribution in [0.1, 0.15) is 39.5 Å². The second-order valence-corrected chi connectivity index (χ2v) is 4.77. The van der Waals surface area contributed by atoms with Gasteiger partial charge in [0.2, 0.25) is 0 Å². The average molecular weight is 176 g/mol. The summed E-state index contributed by atoms with van der Waals surface area (Å²) in [5.74, 6) is 0. The van der Waals surface area contributed by atoms with E-state index in [4.69, 9.17) is 0 Å². The number of halogens is 1. The lowest BCUT2D eigenvalue weighted by atomic mass is 9.66. The molecule has 66 valence electrons. The van der Waals surface area contributed by atoms with Gasteiger partial charge in [-0.05, 0) is 38.5 Å². The summed E-state index contributed by atoms with van der Waals surface area (Å²) in [5.41, 5.74) is 1.17. The van der Waals surface area contributed by atoms with Gasteiger partial charge in [0.25, 0.3) is 0 Å².